The first-order chi connectivity index (χ1) is 18.6. The lowest BCUT2D eigenvalue weighted by Gasteiger charge is -2.23. The molecule has 216 valence electrons. The minimum atomic E-state index is -0.0602. The van der Waals surface area contributed by atoms with Crippen molar-refractivity contribution in [3.8, 4) is 0 Å². The maximum Gasteiger partial charge on any atom is 0.130 e. The molecule has 6 rings (SSSR count). The van der Waals surface area contributed by atoms with Gasteiger partial charge >= 0.3 is 0 Å². The second-order valence-electron chi connectivity index (χ2n) is 11.2. The summed E-state index contributed by atoms with van der Waals surface area (Å²) in [6, 6.07) is 7.32. The molecule has 4 unspecified atom stereocenters. The van der Waals surface area contributed by atoms with E-state index in [1.165, 1.54) is 0 Å². The number of fused-ring (bicyclic) bond motifs is 2. The number of nitrogens with zero attached hydrogens (tertiary/aromatic N) is 2. The van der Waals surface area contributed by atoms with Gasteiger partial charge < -0.3 is 30.7 Å². The molecule has 0 bridgehead atoms. The molecule has 39 heavy (non-hydrogen) atoms. The molecule has 0 aromatic carbocycles. The van der Waals surface area contributed by atoms with Crippen LogP contribution in [0, 0.1) is 11.8 Å². The number of rotatable bonds is 6. The van der Waals surface area contributed by atoms with Gasteiger partial charge in [-0.1, -0.05) is 34.8 Å². The van der Waals surface area contributed by atoms with Gasteiger partial charge in [0.15, 0.2) is 0 Å². The first-order valence-corrected chi connectivity index (χ1v) is 14.7. The summed E-state index contributed by atoms with van der Waals surface area (Å²) in [5, 5.41) is 22.2. The average Bonchev–Trinajstić information content (AvgIpc) is 3.81. The fraction of sp³-hybridized carbons (Fsp3) is 0.643. The summed E-state index contributed by atoms with van der Waals surface area (Å²) in [6.07, 6.45) is 4.38. The van der Waals surface area contributed by atoms with Crippen LogP contribution in [0.4, 0.5) is 5.82 Å². The van der Waals surface area contributed by atoms with E-state index in [2.05, 4.69) is 10.3 Å². The molecule has 4 fully saturated rings. The fourth-order valence-corrected chi connectivity index (χ4v) is 6.18. The normalized spacial score (nSPS) is 29.7. The van der Waals surface area contributed by atoms with Gasteiger partial charge in [-0.15, -0.1) is 0 Å². The number of halogens is 3. The summed E-state index contributed by atoms with van der Waals surface area (Å²) < 4.78 is 10.9. The van der Waals surface area contributed by atoms with Crippen LogP contribution in [-0.4, -0.2) is 71.9 Å². The van der Waals surface area contributed by atoms with Crippen molar-refractivity contribution in [3.63, 3.8) is 0 Å². The van der Waals surface area contributed by atoms with E-state index in [1.807, 2.05) is 25.1 Å². The lowest BCUT2D eigenvalue weighted by atomic mass is 9.93. The molecule has 2 aliphatic carbocycles. The first kappa shape index (κ1) is 30.7. The molecule has 6 atom stereocenters. The van der Waals surface area contributed by atoms with Crippen molar-refractivity contribution in [2.45, 2.75) is 62.4 Å². The van der Waals surface area contributed by atoms with Crippen molar-refractivity contribution in [2.24, 2.45) is 17.6 Å². The maximum atomic E-state index is 9.10. The molecule has 5 N–H and O–H groups in total. The summed E-state index contributed by atoms with van der Waals surface area (Å²) in [5.41, 5.74) is 7.56. The SMILES string of the molecule is C[C@@H](N)CO.C[C@H](CO)Nc1cc(Cl)cc(C23CCOCC2C3)n1.Clc1cc(Cl)nc(C23CCOCC2C3)c1. The van der Waals surface area contributed by atoms with E-state index >= 15 is 0 Å². The van der Waals surface area contributed by atoms with Crippen LogP contribution in [0.5, 0.6) is 0 Å². The smallest absolute Gasteiger partial charge is 0.130 e. The zero-order valence-corrected chi connectivity index (χ0v) is 24.8. The third-order valence-electron chi connectivity index (χ3n) is 8.01. The van der Waals surface area contributed by atoms with Crippen LogP contribution in [0.2, 0.25) is 15.2 Å². The van der Waals surface area contributed by atoms with Gasteiger partial charge in [-0.2, -0.15) is 0 Å². The second-order valence-corrected chi connectivity index (χ2v) is 12.5. The van der Waals surface area contributed by atoms with Crippen molar-refractivity contribution >= 4 is 40.6 Å². The Kier molecular flexibility index (Phi) is 10.4. The van der Waals surface area contributed by atoms with E-state index in [-0.39, 0.29) is 36.1 Å². The number of aliphatic hydroxyl groups is 2. The van der Waals surface area contributed by atoms with Crippen LogP contribution >= 0.6 is 34.8 Å². The van der Waals surface area contributed by atoms with E-state index in [1.54, 1.807) is 13.0 Å². The largest absolute Gasteiger partial charge is 0.395 e. The van der Waals surface area contributed by atoms with Crippen molar-refractivity contribution in [1.82, 2.24) is 9.97 Å². The van der Waals surface area contributed by atoms with Gasteiger partial charge in [0.1, 0.15) is 11.0 Å². The number of ether oxygens (including phenoxy) is 2. The fourth-order valence-electron chi connectivity index (χ4n) is 5.50. The number of nitrogens with one attached hydrogen (secondary N) is 1. The lowest BCUT2D eigenvalue weighted by molar-refractivity contribution is 0.0794. The predicted octanol–water partition coefficient (Wildman–Crippen LogP) is 4.60. The Hall–Kier alpha value is -1.23. The molecule has 0 spiro atoms. The van der Waals surface area contributed by atoms with Crippen molar-refractivity contribution in [1.29, 1.82) is 0 Å². The van der Waals surface area contributed by atoms with Crippen molar-refractivity contribution in [3.05, 3.63) is 50.9 Å². The summed E-state index contributed by atoms with van der Waals surface area (Å²) in [7, 11) is 0. The number of aromatic nitrogens is 2. The monoisotopic (exact) mass is 600 g/mol. The Morgan fingerprint density at radius 1 is 0.897 bits per heavy atom. The Morgan fingerprint density at radius 2 is 1.41 bits per heavy atom. The molecular weight excluding hydrogens is 563 g/mol. The summed E-state index contributed by atoms with van der Waals surface area (Å²) in [5.74, 6) is 1.96. The molecule has 2 aromatic heterocycles. The predicted molar refractivity (Wildman–Crippen MR) is 155 cm³/mol. The zero-order chi connectivity index (χ0) is 28.2. The molecule has 0 radical (unpaired) electrons. The lowest BCUT2D eigenvalue weighted by Crippen LogP contribution is -2.24. The standard InChI is InChI=1S/C14H19ClN2O2.C11H11Cl2NO.C3H9NO/c1-9(7-18)16-13-5-11(15)4-12(17-13)14-2-3-19-8-10(14)6-14;12-8-3-9(14-10(13)4-8)11-1-2-15-6-7(11)5-11;1-3(4)2-5/h4-5,9-10,18H,2-3,6-8H2,1H3,(H,16,17);3-4,7H,1-2,5-6H2;3,5H,2,4H2,1H3/t9-,10?,14?;;3-/m1.1/s1. The zero-order valence-electron chi connectivity index (χ0n) is 22.5. The molecule has 2 saturated heterocycles. The molecule has 8 nitrogen and oxygen atoms in total. The number of pyridine rings is 2. The molecule has 2 aliphatic heterocycles. The van der Waals surface area contributed by atoms with E-state index in [9.17, 15) is 0 Å². The van der Waals surface area contributed by atoms with Gasteiger partial charge in [-0.05, 0) is 75.6 Å². The third-order valence-corrected chi connectivity index (χ3v) is 8.64. The summed E-state index contributed by atoms with van der Waals surface area (Å²) >= 11 is 18.1. The topological polar surface area (TPSA) is 123 Å². The second kappa shape index (κ2) is 13.2. The van der Waals surface area contributed by atoms with Crippen LogP contribution in [0.15, 0.2) is 24.3 Å². The Bertz CT molecular complexity index is 1110. The summed E-state index contributed by atoms with van der Waals surface area (Å²) in [4.78, 5) is 9.09. The highest BCUT2D eigenvalue weighted by atomic mass is 35.5. The Labute approximate surface area is 245 Å². The quantitative estimate of drug-likeness (QED) is 0.355. The number of anilines is 1. The molecule has 4 heterocycles. The van der Waals surface area contributed by atoms with E-state index in [0.29, 0.717) is 27.0 Å². The highest BCUT2D eigenvalue weighted by Gasteiger charge is 2.58. The van der Waals surface area contributed by atoms with E-state index < -0.39 is 0 Å². The first-order valence-electron chi connectivity index (χ1n) is 13.5. The van der Waals surface area contributed by atoms with Gasteiger partial charge in [0.25, 0.3) is 0 Å². The molecule has 0 amide bonds. The number of nitrogens with two attached hydrogens (primary N) is 1. The number of hydrogen-bond donors (Lipinski definition) is 4. The van der Waals surface area contributed by atoms with Gasteiger partial charge in [0.05, 0.1) is 37.8 Å². The highest BCUT2D eigenvalue weighted by Crippen LogP contribution is 2.59. The Morgan fingerprint density at radius 3 is 1.87 bits per heavy atom. The summed E-state index contributed by atoms with van der Waals surface area (Å²) in [6.45, 7) is 7.14. The van der Waals surface area contributed by atoms with Crippen molar-refractivity contribution in [2.75, 3.05) is 45.0 Å². The molecule has 2 aromatic rings. The molecular formula is C28H39Cl3N4O4. The van der Waals surface area contributed by atoms with E-state index in [0.717, 1.165) is 69.3 Å². The number of hydrogen-bond acceptors (Lipinski definition) is 8. The Balaban J connectivity index is 0.000000158. The maximum absolute atomic E-state index is 9.10. The third kappa shape index (κ3) is 7.54. The molecule has 4 aliphatic rings. The van der Waals surface area contributed by atoms with Crippen LogP contribution in [0.1, 0.15) is 50.9 Å². The minimum absolute atomic E-state index is 0.0268. The van der Waals surface area contributed by atoms with E-state index in [4.69, 9.17) is 65.2 Å². The van der Waals surface area contributed by atoms with Crippen LogP contribution in [0.3, 0.4) is 0 Å². The van der Waals surface area contributed by atoms with Gasteiger partial charge in [0, 0.05) is 46.2 Å². The van der Waals surface area contributed by atoms with Crippen LogP contribution in [-0.2, 0) is 20.3 Å². The van der Waals surface area contributed by atoms with Crippen LogP contribution in [0.25, 0.3) is 0 Å². The molecule has 11 heteroatoms. The van der Waals surface area contributed by atoms with Crippen molar-refractivity contribution < 1.29 is 19.7 Å². The van der Waals surface area contributed by atoms with Crippen LogP contribution < -0.4 is 11.1 Å². The van der Waals surface area contributed by atoms with Gasteiger partial charge in [0.2, 0.25) is 0 Å². The molecule has 2 saturated carbocycles. The minimum Gasteiger partial charge on any atom is -0.395 e. The number of aliphatic hydroxyl groups excluding tert-OH is 2. The average molecular weight is 602 g/mol. The highest BCUT2D eigenvalue weighted by molar-refractivity contribution is 6.34. The van der Waals surface area contributed by atoms with Gasteiger partial charge in [-0.25, -0.2) is 9.97 Å². The van der Waals surface area contributed by atoms with Gasteiger partial charge in [-0.3, -0.25) is 0 Å².